The molecule has 43 heavy (non-hydrogen) atoms. The summed E-state index contributed by atoms with van der Waals surface area (Å²) in [5, 5.41) is 75.0. The number of carboxylic acids is 3. The molecule has 8 N–H and O–H groups in total. The van der Waals surface area contributed by atoms with Gasteiger partial charge in [-0.1, -0.05) is 12.1 Å². The van der Waals surface area contributed by atoms with Gasteiger partial charge in [-0.25, -0.2) is 28.8 Å². The van der Waals surface area contributed by atoms with Crippen LogP contribution in [0.5, 0.6) is 23.0 Å². The van der Waals surface area contributed by atoms with Crippen molar-refractivity contribution in [2.75, 3.05) is 0 Å². The third kappa shape index (κ3) is 9.50. The Morgan fingerprint density at radius 3 is 1.35 bits per heavy atom. The van der Waals surface area contributed by atoms with Gasteiger partial charge in [-0.15, -0.1) is 0 Å². The van der Waals surface area contributed by atoms with E-state index in [1.807, 2.05) is 0 Å². The largest absolute Gasteiger partial charge is 0.504 e. The summed E-state index contributed by atoms with van der Waals surface area (Å²) in [7, 11) is 0. The molecular formula is C26H22O17. The van der Waals surface area contributed by atoms with Crippen molar-refractivity contribution in [2.24, 2.45) is 0 Å². The molecule has 2 aromatic rings. The number of hydrogen-bond donors (Lipinski definition) is 8. The molecule has 4 atom stereocenters. The summed E-state index contributed by atoms with van der Waals surface area (Å²) < 4.78 is 13.8. The number of benzene rings is 2. The number of carbonyl (C=O) groups is 6. The van der Waals surface area contributed by atoms with Crippen LogP contribution in [0.3, 0.4) is 0 Å². The maximum absolute atomic E-state index is 12.8. The molecule has 0 bridgehead atoms. The first-order chi connectivity index (χ1) is 20.1. The van der Waals surface area contributed by atoms with Crippen LogP contribution in [0.4, 0.5) is 0 Å². The van der Waals surface area contributed by atoms with E-state index in [1.54, 1.807) is 0 Å². The van der Waals surface area contributed by atoms with E-state index < -0.39 is 83.2 Å². The second kappa shape index (κ2) is 14.5. The quantitative estimate of drug-likeness (QED) is 0.0621. The summed E-state index contributed by atoms with van der Waals surface area (Å²) in [6.07, 6.45) is -8.04. The van der Waals surface area contributed by atoms with Gasteiger partial charge in [0.2, 0.25) is 18.3 Å². The number of hydrogen-bond acceptors (Lipinski definition) is 14. The van der Waals surface area contributed by atoms with Gasteiger partial charge < -0.3 is 55.1 Å². The number of ether oxygens (including phenoxy) is 3. The van der Waals surface area contributed by atoms with Crippen LogP contribution in [0.15, 0.2) is 48.6 Å². The lowest BCUT2D eigenvalue weighted by atomic mass is 10.1. The Labute approximate surface area is 239 Å². The van der Waals surface area contributed by atoms with E-state index in [4.69, 9.17) is 14.9 Å². The van der Waals surface area contributed by atoms with Crippen LogP contribution in [0.1, 0.15) is 11.1 Å². The number of rotatable bonds is 13. The predicted molar refractivity (Wildman–Crippen MR) is 136 cm³/mol. The van der Waals surface area contributed by atoms with Crippen LogP contribution >= 0.6 is 0 Å². The maximum atomic E-state index is 12.8. The number of phenols is 4. The minimum absolute atomic E-state index is 0.0912. The average Bonchev–Trinajstić information content (AvgIpc) is 2.93. The zero-order chi connectivity index (χ0) is 32.4. The maximum Gasteiger partial charge on any atom is 0.353 e. The fourth-order valence-corrected chi connectivity index (χ4v) is 2.99. The first-order valence-electron chi connectivity index (χ1n) is 11.5. The minimum atomic E-state index is -2.85. The fourth-order valence-electron chi connectivity index (χ4n) is 2.99. The molecule has 0 saturated carbocycles. The molecule has 17 nitrogen and oxygen atoms in total. The second-order valence-corrected chi connectivity index (χ2v) is 8.19. The van der Waals surface area contributed by atoms with Gasteiger partial charge in [0.1, 0.15) is 0 Å². The molecule has 0 aliphatic heterocycles. The van der Waals surface area contributed by atoms with Crippen molar-refractivity contribution in [2.45, 2.75) is 24.4 Å². The Kier molecular flexibility index (Phi) is 11.2. The first kappa shape index (κ1) is 33.1. The molecule has 0 unspecified atom stereocenters. The highest BCUT2D eigenvalue weighted by Gasteiger charge is 2.45. The molecule has 228 valence electrons. The molecule has 17 heteroatoms. The fraction of sp³-hybridized carbons (Fsp3) is 0.154. The van der Waals surface area contributed by atoms with E-state index in [0.717, 1.165) is 36.4 Å². The summed E-state index contributed by atoms with van der Waals surface area (Å²) in [5.41, 5.74) is 0.201. The van der Waals surface area contributed by atoms with Crippen molar-refractivity contribution < 1.29 is 83.8 Å². The summed E-state index contributed by atoms with van der Waals surface area (Å²) in [5.74, 6) is -13.7. The molecular weight excluding hydrogens is 584 g/mol. The molecule has 0 radical (unpaired) electrons. The molecule has 0 aromatic heterocycles. The Balaban J connectivity index is 2.38. The summed E-state index contributed by atoms with van der Waals surface area (Å²) in [4.78, 5) is 71.9. The van der Waals surface area contributed by atoms with Crippen molar-refractivity contribution in [3.8, 4) is 23.0 Å². The lowest BCUT2D eigenvalue weighted by Crippen LogP contribution is -2.50. The normalized spacial score (nSPS) is 13.9. The molecule has 0 aliphatic rings. The second-order valence-electron chi connectivity index (χ2n) is 8.19. The van der Waals surface area contributed by atoms with Crippen LogP contribution in [0.2, 0.25) is 0 Å². The van der Waals surface area contributed by atoms with Crippen LogP contribution in [0, 0.1) is 0 Å². The van der Waals surface area contributed by atoms with Gasteiger partial charge in [-0.2, -0.15) is 0 Å². The zero-order valence-electron chi connectivity index (χ0n) is 21.3. The average molecular weight is 606 g/mol. The highest BCUT2D eigenvalue weighted by Crippen LogP contribution is 2.26. The van der Waals surface area contributed by atoms with Crippen molar-refractivity contribution in [3.63, 3.8) is 0 Å². The standard InChI is InChI=1S/C26H22O17/c27-13-5-1-11(9-15(13)29)3-7-17(31)41-21(25(38)39)22(26(40)43-20(24(36)37)19(33)23(34)35)42-18(32)8-4-12-2-6-14(28)16(30)10-12/h1-10,19-22,27-30,33H,(H,34,35)(H,36,37)(H,38,39)/t19-,20+,21-,22+/m0/s1. The summed E-state index contributed by atoms with van der Waals surface area (Å²) >= 11 is 0. The minimum Gasteiger partial charge on any atom is -0.504 e. The smallest absolute Gasteiger partial charge is 0.353 e. The number of aliphatic hydroxyl groups excluding tert-OH is 1. The topological polar surface area (TPSA) is 292 Å². The number of aliphatic hydroxyl groups is 1. The van der Waals surface area contributed by atoms with Gasteiger partial charge >= 0.3 is 35.8 Å². The molecule has 0 spiro atoms. The van der Waals surface area contributed by atoms with Crippen molar-refractivity contribution in [1.29, 1.82) is 0 Å². The lowest BCUT2D eigenvalue weighted by Gasteiger charge is -2.24. The van der Waals surface area contributed by atoms with E-state index >= 15 is 0 Å². The van der Waals surface area contributed by atoms with Crippen LogP contribution in [0.25, 0.3) is 12.2 Å². The highest BCUT2D eigenvalue weighted by molar-refractivity contribution is 5.95. The summed E-state index contributed by atoms with van der Waals surface area (Å²) in [6, 6.07) is 6.57. The van der Waals surface area contributed by atoms with Crippen LogP contribution in [-0.2, 0) is 43.0 Å². The first-order valence-corrected chi connectivity index (χ1v) is 11.5. The van der Waals surface area contributed by atoms with E-state index in [1.165, 1.54) is 12.1 Å². The Morgan fingerprint density at radius 2 is 0.977 bits per heavy atom. The Hall–Kier alpha value is -6.10. The Morgan fingerprint density at radius 1 is 0.558 bits per heavy atom. The van der Waals surface area contributed by atoms with Gasteiger partial charge in [0.15, 0.2) is 29.1 Å². The van der Waals surface area contributed by atoms with Gasteiger partial charge in [0.05, 0.1) is 0 Å². The number of carbonyl (C=O) groups excluding carboxylic acids is 3. The van der Waals surface area contributed by atoms with Gasteiger partial charge in [0, 0.05) is 12.2 Å². The SMILES string of the molecule is O=C(C=Cc1ccc(O)c(O)c1)O[C@H](C(=O)O)[C@@H](OC(=O)C=Cc1ccc(O)c(O)c1)C(=O)O[C@@H](C(=O)O)[C@H](O)C(=O)O. The van der Waals surface area contributed by atoms with Crippen molar-refractivity contribution in [3.05, 3.63) is 59.7 Å². The summed E-state index contributed by atoms with van der Waals surface area (Å²) in [6.45, 7) is 0. The third-order valence-corrected chi connectivity index (χ3v) is 5.09. The molecule has 0 aliphatic carbocycles. The lowest BCUT2D eigenvalue weighted by molar-refractivity contribution is -0.196. The van der Waals surface area contributed by atoms with E-state index in [0.29, 0.717) is 12.2 Å². The zero-order valence-corrected chi connectivity index (χ0v) is 21.3. The molecule has 0 heterocycles. The van der Waals surface area contributed by atoms with Crippen molar-refractivity contribution >= 4 is 48.0 Å². The van der Waals surface area contributed by atoms with E-state index in [-0.39, 0.29) is 11.1 Å². The third-order valence-electron chi connectivity index (χ3n) is 5.09. The van der Waals surface area contributed by atoms with Crippen molar-refractivity contribution in [1.82, 2.24) is 0 Å². The number of phenolic OH excluding ortho intramolecular Hbond substituents is 4. The molecule has 0 amide bonds. The van der Waals surface area contributed by atoms with Gasteiger partial charge in [-0.05, 0) is 47.5 Å². The number of aliphatic carboxylic acids is 3. The Bertz CT molecular complexity index is 1470. The monoisotopic (exact) mass is 606 g/mol. The highest BCUT2D eigenvalue weighted by atomic mass is 16.6. The molecule has 2 aromatic carbocycles. The number of aromatic hydroxyl groups is 4. The van der Waals surface area contributed by atoms with Crippen LogP contribution < -0.4 is 0 Å². The van der Waals surface area contributed by atoms with Crippen LogP contribution in [-0.4, -0.2) is 101 Å². The molecule has 0 fully saturated rings. The molecule has 2 rings (SSSR count). The van der Waals surface area contributed by atoms with E-state index in [2.05, 4.69) is 9.47 Å². The predicted octanol–water partition coefficient (Wildman–Crippen LogP) is -0.414. The van der Waals surface area contributed by atoms with E-state index in [9.17, 15) is 59.4 Å². The van der Waals surface area contributed by atoms with Gasteiger partial charge in [0.25, 0.3) is 0 Å². The number of esters is 3. The molecule has 0 saturated heterocycles. The van der Waals surface area contributed by atoms with Gasteiger partial charge in [-0.3, -0.25) is 0 Å². The number of carboxylic acid groups (broad SMARTS) is 3.